The van der Waals surface area contributed by atoms with E-state index in [1.165, 1.54) is 5.56 Å². The highest BCUT2D eigenvalue weighted by Gasteiger charge is 2.13. The van der Waals surface area contributed by atoms with Crippen LogP contribution < -0.4 is 14.2 Å². The SMILES string of the molecule is COc1ccc(Cc2nc3ccccc3n2CCCOc2ccc(C)cc2)cc1OC. The Kier molecular flexibility index (Phi) is 6.41. The first-order chi connectivity index (χ1) is 15.2. The van der Waals surface area contributed by atoms with Gasteiger partial charge >= 0.3 is 0 Å². The van der Waals surface area contributed by atoms with Crippen LogP contribution in [0.4, 0.5) is 0 Å². The fraction of sp³-hybridized carbons (Fsp3) is 0.269. The number of imidazole rings is 1. The van der Waals surface area contributed by atoms with Gasteiger partial charge in [-0.05, 0) is 55.3 Å². The monoisotopic (exact) mass is 416 g/mol. The molecule has 0 aliphatic rings. The zero-order valence-electron chi connectivity index (χ0n) is 18.3. The average molecular weight is 417 g/mol. The van der Waals surface area contributed by atoms with E-state index in [4.69, 9.17) is 19.2 Å². The Labute approximate surface area is 183 Å². The van der Waals surface area contributed by atoms with Crippen LogP contribution in [0, 0.1) is 6.92 Å². The van der Waals surface area contributed by atoms with Crippen LogP contribution in [-0.2, 0) is 13.0 Å². The molecule has 0 saturated carbocycles. The molecule has 0 aliphatic heterocycles. The first-order valence-electron chi connectivity index (χ1n) is 10.5. The van der Waals surface area contributed by atoms with Gasteiger partial charge in [-0.2, -0.15) is 0 Å². The van der Waals surface area contributed by atoms with Gasteiger partial charge in [0.1, 0.15) is 11.6 Å². The Bertz CT molecular complexity index is 1150. The minimum Gasteiger partial charge on any atom is -0.494 e. The quantitative estimate of drug-likeness (QED) is 0.342. The first-order valence-corrected chi connectivity index (χ1v) is 10.5. The summed E-state index contributed by atoms with van der Waals surface area (Å²) < 4.78 is 19.0. The van der Waals surface area contributed by atoms with Crippen molar-refractivity contribution in [3.05, 3.63) is 83.7 Å². The Morgan fingerprint density at radius 1 is 0.871 bits per heavy atom. The normalized spacial score (nSPS) is 10.9. The molecule has 0 unspecified atom stereocenters. The molecule has 0 atom stereocenters. The maximum absolute atomic E-state index is 5.92. The molecule has 0 saturated heterocycles. The van der Waals surface area contributed by atoms with Gasteiger partial charge in [-0.3, -0.25) is 0 Å². The molecule has 4 aromatic rings. The Hall–Kier alpha value is -3.47. The van der Waals surface area contributed by atoms with Crippen LogP contribution in [0.1, 0.15) is 23.4 Å². The zero-order chi connectivity index (χ0) is 21.6. The number of rotatable bonds is 9. The third kappa shape index (κ3) is 4.82. The molecular formula is C26H28N2O3. The Morgan fingerprint density at radius 3 is 2.42 bits per heavy atom. The zero-order valence-corrected chi connectivity index (χ0v) is 18.3. The molecule has 160 valence electrons. The summed E-state index contributed by atoms with van der Waals surface area (Å²) in [4.78, 5) is 4.90. The standard InChI is InChI=1S/C26H28N2O3/c1-19-9-12-21(13-10-19)31-16-6-15-28-23-8-5-4-7-22(23)27-26(28)18-20-11-14-24(29-2)25(17-20)30-3/h4-5,7-14,17H,6,15-16,18H2,1-3H3. The summed E-state index contributed by atoms with van der Waals surface area (Å²) in [6.07, 6.45) is 1.61. The van der Waals surface area contributed by atoms with E-state index in [0.29, 0.717) is 13.0 Å². The third-order valence-electron chi connectivity index (χ3n) is 5.36. The second kappa shape index (κ2) is 9.56. The Balaban J connectivity index is 1.51. The number of ether oxygens (including phenoxy) is 3. The van der Waals surface area contributed by atoms with Crippen molar-refractivity contribution in [2.24, 2.45) is 0 Å². The van der Waals surface area contributed by atoms with Crippen molar-refractivity contribution in [1.82, 2.24) is 9.55 Å². The number of fused-ring (bicyclic) bond motifs is 1. The van der Waals surface area contributed by atoms with Gasteiger partial charge in [-0.1, -0.05) is 35.9 Å². The fourth-order valence-corrected chi connectivity index (χ4v) is 3.73. The summed E-state index contributed by atoms with van der Waals surface area (Å²) in [6, 6.07) is 22.5. The van der Waals surface area contributed by atoms with Crippen LogP contribution >= 0.6 is 0 Å². The van der Waals surface area contributed by atoms with Gasteiger partial charge < -0.3 is 18.8 Å². The number of aromatic nitrogens is 2. The lowest BCUT2D eigenvalue weighted by atomic mass is 10.1. The summed E-state index contributed by atoms with van der Waals surface area (Å²) >= 11 is 0. The second-order valence-corrected chi connectivity index (χ2v) is 7.55. The predicted octanol–water partition coefficient (Wildman–Crippen LogP) is 5.42. The van der Waals surface area contributed by atoms with Gasteiger partial charge in [0.2, 0.25) is 0 Å². The first kappa shape index (κ1) is 20.8. The molecule has 4 rings (SSSR count). The van der Waals surface area contributed by atoms with E-state index in [9.17, 15) is 0 Å². The smallest absolute Gasteiger partial charge is 0.161 e. The van der Waals surface area contributed by atoms with Crippen molar-refractivity contribution in [1.29, 1.82) is 0 Å². The van der Waals surface area contributed by atoms with Crippen molar-refractivity contribution in [2.75, 3.05) is 20.8 Å². The van der Waals surface area contributed by atoms with Crippen LogP contribution in [0.25, 0.3) is 11.0 Å². The molecule has 0 spiro atoms. The highest BCUT2D eigenvalue weighted by atomic mass is 16.5. The fourth-order valence-electron chi connectivity index (χ4n) is 3.73. The van der Waals surface area contributed by atoms with E-state index in [2.05, 4.69) is 47.9 Å². The molecular weight excluding hydrogens is 388 g/mol. The predicted molar refractivity (Wildman–Crippen MR) is 123 cm³/mol. The van der Waals surface area contributed by atoms with Crippen molar-refractivity contribution in [3.8, 4) is 17.2 Å². The van der Waals surface area contributed by atoms with Crippen molar-refractivity contribution >= 4 is 11.0 Å². The number of hydrogen-bond donors (Lipinski definition) is 0. The second-order valence-electron chi connectivity index (χ2n) is 7.55. The molecule has 0 fully saturated rings. The summed E-state index contributed by atoms with van der Waals surface area (Å²) in [5.41, 5.74) is 4.52. The van der Waals surface area contributed by atoms with Gasteiger partial charge in [0.05, 0.1) is 31.9 Å². The van der Waals surface area contributed by atoms with Crippen LogP contribution in [-0.4, -0.2) is 30.4 Å². The lowest BCUT2D eigenvalue weighted by Gasteiger charge is -2.12. The lowest BCUT2D eigenvalue weighted by molar-refractivity contribution is 0.302. The van der Waals surface area contributed by atoms with Gasteiger partial charge in [0, 0.05) is 13.0 Å². The molecule has 1 heterocycles. The molecule has 0 bridgehead atoms. The number of benzene rings is 3. The molecule has 5 heteroatoms. The molecule has 5 nitrogen and oxygen atoms in total. The summed E-state index contributed by atoms with van der Waals surface area (Å²) in [7, 11) is 3.31. The molecule has 0 aliphatic carbocycles. The van der Waals surface area contributed by atoms with Crippen molar-refractivity contribution < 1.29 is 14.2 Å². The maximum atomic E-state index is 5.92. The van der Waals surface area contributed by atoms with Crippen LogP contribution in [0.15, 0.2) is 66.7 Å². The van der Waals surface area contributed by atoms with Crippen LogP contribution in [0.3, 0.4) is 0 Å². The summed E-state index contributed by atoms with van der Waals surface area (Å²) in [5.74, 6) is 3.40. The van der Waals surface area contributed by atoms with E-state index in [-0.39, 0.29) is 0 Å². The topological polar surface area (TPSA) is 45.5 Å². The molecule has 3 aromatic carbocycles. The van der Waals surface area contributed by atoms with E-state index in [0.717, 1.165) is 52.6 Å². The largest absolute Gasteiger partial charge is 0.494 e. The van der Waals surface area contributed by atoms with Crippen molar-refractivity contribution in [3.63, 3.8) is 0 Å². The van der Waals surface area contributed by atoms with Crippen LogP contribution in [0.2, 0.25) is 0 Å². The maximum Gasteiger partial charge on any atom is 0.161 e. The van der Waals surface area contributed by atoms with Gasteiger partial charge in [-0.15, -0.1) is 0 Å². The summed E-state index contributed by atoms with van der Waals surface area (Å²) in [6.45, 7) is 3.58. The number of aryl methyl sites for hydroxylation is 2. The molecule has 0 amide bonds. The molecule has 1 aromatic heterocycles. The number of hydrogen-bond acceptors (Lipinski definition) is 4. The van der Waals surface area contributed by atoms with Crippen LogP contribution in [0.5, 0.6) is 17.2 Å². The molecule has 31 heavy (non-hydrogen) atoms. The highest BCUT2D eigenvalue weighted by Crippen LogP contribution is 2.29. The van der Waals surface area contributed by atoms with Gasteiger partial charge in [0.25, 0.3) is 0 Å². The number of methoxy groups -OCH3 is 2. The van der Waals surface area contributed by atoms with E-state index >= 15 is 0 Å². The minimum atomic E-state index is 0.658. The van der Waals surface area contributed by atoms with E-state index in [1.807, 2.05) is 30.3 Å². The average Bonchev–Trinajstić information content (AvgIpc) is 3.14. The van der Waals surface area contributed by atoms with Crippen molar-refractivity contribution in [2.45, 2.75) is 26.3 Å². The lowest BCUT2D eigenvalue weighted by Crippen LogP contribution is -2.08. The highest BCUT2D eigenvalue weighted by molar-refractivity contribution is 5.76. The molecule has 0 N–H and O–H groups in total. The minimum absolute atomic E-state index is 0.658. The Morgan fingerprint density at radius 2 is 1.65 bits per heavy atom. The molecule has 0 radical (unpaired) electrons. The van der Waals surface area contributed by atoms with Gasteiger partial charge in [0.15, 0.2) is 11.5 Å². The van der Waals surface area contributed by atoms with Gasteiger partial charge in [-0.25, -0.2) is 4.98 Å². The number of nitrogens with zero attached hydrogens (tertiary/aromatic N) is 2. The van der Waals surface area contributed by atoms with E-state index in [1.54, 1.807) is 14.2 Å². The third-order valence-corrected chi connectivity index (χ3v) is 5.36. The number of para-hydroxylation sites is 2. The summed E-state index contributed by atoms with van der Waals surface area (Å²) in [5, 5.41) is 0. The van der Waals surface area contributed by atoms with E-state index < -0.39 is 0 Å².